The maximum Gasteiger partial charge on any atom is 0.344 e. The quantitative estimate of drug-likeness (QED) is 0.758. The number of rotatable bonds is 5. The Hall–Kier alpha value is -2.55. The Morgan fingerprint density at radius 2 is 1.81 bits per heavy atom. The largest absolute Gasteiger partial charge is 0.482 e. The van der Waals surface area contributed by atoms with Crippen molar-refractivity contribution in [2.75, 3.05) is 26.3 Å². The first-order chi connectivity index (χ1) is 10.2. The number of esters is 1. The van der Waals surface area contributed by atoms with Crippen LogP contribution in [0.3, 0.4) is 0 Å². The van der Waals surface area contributed by atoms with Gasteiger partial charge < -0.3 is 14.4 Å². The van der Waals surface area contributed by atoms with Gasteiger partial charge in [-0.15, -0.1) is 0 Å². The van der Waals surface area contributed by atoms with Crippen molar-refractivity contribution < 1.29 is 19.1 Å². The Labute approximate surface area is 122 Å². The Morgan fingerprint density at radius 1 is 1.14 bits per heavy atom. The summed E-state index contributed by atoms with van der Waals surface area (Å²) >= 11 is 0. The first-order valence-electron chi connectivity index (χ1n) is 6.75. The number of carbonyl (C=O) groups excluding carboxylic acids is 2. The number of hydrogen-bond donors (Lipinski definition) is 0. The summed E-state index contributed by atoms with van der Waals surface area (Å²) in [4.78, 5) is 24.8. The molecular formula is C15H16N2O4. The van der Waals surface area contributed by atoms with Gasteiger partial charge in [-0.05, 0) is 37.1 Å². The molecule has 21 heavy (non-hydrogen) atoms. The average molecular weight is 288 g/mol. The minimum Gasteiger partial charge on any atom is -0.482 e. The summed E-state index contributed by atoms with van der Waals surface area (Å²) in [6, 6.07) is 8.38. The van der Waals surface area contributed by atoms with E-state index in [-0.39, 0.29) is 19.1 Å². The fraction of sp³-hybridized carbons (Fsp3) is 0.400. The van der Waals surface area contributed by atoms with Gasteiger partial charge in [0.25, 0.3) is 5.91 Å². The van der Waals surface area contributed by atoms with Crippen molar-refractivity contribution in [3.05, 3.63) is 29.8 Å². The molecule has 0 bridgehead atoms. The minimum absolute atomic E-state index is 0.167. The molecular weight excluding hydrogens is 272 g/mol. The van der Waals surface area contributed by atoms with Gasteiger partial charge >= 0.3 is 5.97 Å². The number of carbonyl (C=O) groups is 2. The monoisotopic (exact) mass is 288 g/mol. The van der Waals surface area contributed by atoms with Crippen molar-refractivity contribution in [3.8, 4) is 11.8 Å². The fourth-order valence-corrected chi connectivity index (χ4v) is 2.01. The van der Waals surface area contributed by atoms with Gasteiger partial charge in [0.05, 0.1) is 11.6 Å². The van der Waals surface area contributed by atoms with Crippen LogP contribution in [-0.4, -0.2) is 43.1 Å². The summed E-state index contributed by atoms with van der Waals surface area (Å²) in [6.07, 6.45) is 2.00. The number of nitrogens with zero attached hydrogens (tertiary/aromatic N) is 2. The van der Waals surface area contributed by atoms with E-state index in [1.54, 1.807) is 29.2 Å². The van der Waals surface area contributed by atoms with Crippen molar-refractivity contribution in [1.29, 1.82) is 5.26 Å². The highest BCUT2D eigenvalue weighted by atomic mass is 16.6. The van der Waals surface area contributed by atoms with E-state index < -0.39 is 5.97 Å². The third-order valence-electron chi connectivity index (χ3n) is 3.16. The molecule has 0 spiro atoms. The Bertz CT molecular complexity index is 542. The Balaban J connectivity index is 1.69. The first-order valence-corrected chi connectivity index (χ1v) is 6.75. The lowest BCUT2D eigenvalue weighted by molar-refractivity contribution is -0.153. The van der Waals surface area contributed by atoms with Crippen LogP contribution in [0.5, 0.6) is 5.75 Å². The van der Waals surface area contributed by atoms with E-state index in [1.165, 1.54) is 0 Å². The van der Waals surface area contributed by atoms with Crippen LogP contribution in [0.2, 0.25) is 0 Å². The topological polar surface area (TPSA) is 79.6 Å². The van der Waals surface area contributed by atoms with Gasteiger partial charge in [0.1, 0.15) is 5.75 Å². The number of likely N-dealkylation sites (tertiary alicyclic amines) is 1. The van der Waals surface area contributed by atoms with Crippen LogP contribution in [-0.2, 0) is 14.3 Å². The minimum atomic E-state index is -0.591. The summed E-state index contributed by atoms with van der Waals surface area (Å²) in [6.45, 7) is 0.963. The molecule has 1 aromatic carbocycles. The third kappa shape index (κ3) is 4.49. The number of ether oxygens (including phenoxy) is 2. The molecule has 1 aromatic rings. The van der Waals surface area contributed by atoms with Crippen LogP contribution in [0.4, 0.5) is 0 Å². The van der Waals surface area contributed by atoms with Crippen molar-refractivity contribution in [2.45, 2.75) is 12.8 Å². The molecule has 2 rings (SSSR count). The van der Waals surface area contributed by atoms with Crippen LogP contribution in [0.25, 0.3) is 0 Å². The van der Waals surface area contributed by atoms with E-state index in [4.69, 9.17) is 14.7 Å². The van der Waals surface area contributed by atoms with Crippen LogP contribution >= 0.6 is 0 Å². The van der Waals surface area contributed by atoms with E-state index in [2.05, 4.69) is 0 Å². The van der Waals surface area contributed by atoms with Crippen molar-refractivity contribution in [2.24, 2.45) is 0 Å². The van der Waals surface area contributed by atoms with Gasteiger partial charge in [-0.1, -0.05) is 0 Å². The highest BCUT2D eigenvalue weighted by Gasteiger charge is 2.19. The number of hydrogen-bond acceptors (Lipinski definition) is 5. The van der Waals surface area contributed by atoms with Crippen molar-refractivity contribution in [1.82, 2.24) is 4.90 Å². The SMILES string of the molecule is N#Cc1ccc(OCC(=O)OCC(=O)N2CCCC2)cc1. The lowest BCUT2D eigenvalue weighted by Crippen LogP contribution is -2.32. The third-order valence-corrected chi connectivity index (χ3v) is 3.16. The molecule has 6 heteroatoms. The molecule has 1 aliphatic heterocycles. The molecule has 0 unspecified atom stereocenters. The smallest absolute Gasteiger partial charge is 0.344 e. The predicted molar refractivity (Wildman–Crippen MR) is 73.4 cm³/mol. The Kier molecular flexibility index (Phi) is 5.16. The van der Waals surface area contributed by atoms with Gasteiger partial charge in [-0.3, -0.25) is 4.79 Å². The molecule has 1 saturated heterocycles. The highest BCUT2D eigenvalue weighted by molar-refractivity contribution is 5.81. The summed E-state index contributed by atoms with van der Waals surface area (Å²) in [5.41, 5.74) is 0.515. The number of benzene rings is 1. The molecule has 1 fully saturated rings. The van der Waals surface area contributed by atoms with Gasteiger partial charge in [-0.25, -0.2) is 4.79 Å². The number of amides is 1. The molecule has 1 amide bonds. The molecule has 0 aliphatic carbocycles. The van der Waals surface area contributed by atoms with E-state index >= 15 is 0 Å². The van der Waals surface area contributed by atoms with Gasteiger partial charge in [0.15, 0.2) is 13.2 Å². The van der Waals surface area contributed by atoms with E-state index in [0.29, 0.717) is 11.3 Å². The van der Waals surface area contributed by atoms with Gasteiger partial charge in [0, 0.05) is 13.1 Å². The molecule has 0 N–H and O–H groups in total. The molecule has 110 valence electrons. The maximum absolute atomic E-state index is 11.7. The maximum atomic E-state index is 11.7. The molecule has 1 heterocycles. The lowest BCUT2D eigenvalue weighted by Gasteiger charge is -2.14. The van der Waals surface area contributed by atoms with Crippen LogP contribution in [0.15, 0.2) is 24.3 Å². The number of nitriles is 1. The standard InChI is InChI=1S/C15H16N2O4/c16-9-12-3-5-13(6-4-12)20-11-15(19)21-10-14(18)17-7-1-2-8-17/h3-6H,1-2,7-8,10-11H2. The zero-order valence-corrected chi connectivity index (χ0v) is 11.6. The second-order valence-corrected chi connectivity index (χ2v) is 4.67. The average Bonchev–Trinajstić information content (AvgIpc) is 3.05. The second kappa shape index (κ2) is 7.29. The summed E-state index contributed by atoms with van der Waals surface area (Å²) in [5, 5.41) is 8.66. The normalized spacial score (nSPS) is 13.6. The zero-order chi connectivity index (χ0) is 15.1. The van der Waals surface area contributed by atoms with Crippen LogP contribution in [0, 0.1) is 11.3 Å². The molecule has 0 saturated carbocycles. The molecule has 1 aliphatic rings. The predicted octanol–water partition coefficient (Wildman–Crippen LogP) is 1.10. The molecule has 6 nitrogen and oxygen atoms in total. The van der Waals surface area contributed by atoms with Crippen molar-refractivity contribution in [3.63, 3.8) is 0 Å². The van der Waals surface area contributed by atoms with E-state index in [0.717, 1.165) is 25.9 Å². The Morgan fingerprint density at radius 3 is 2.43 bits per heavy atom. The lowest BCUT2D eigenvalue weighted by atomic mass is 10.2. The fourth-order valence-electron chi connectivity index (χ4n) is 2.01. The summed E-state index contributed by atoms with van der Waals surface area (Å²) < 4.78 is 10.1. The molecule has 0 radical (unpaired) electrons. The first kappa shape index (κ1) is 14.9. The van der Waals surface area contributed by atoms with E-state index in [1.807, 2.05) is 6.07 Å². The van der Waals surface area contributed by atoms with Crippen LogP contribution < -0.4 is 4.74 Å². The highest BCUT2D eigenvalue weighted by Crippen LogP contribution is 2.11. The molecule has 0 aromatic heterocycles. The second-order valence-electron chi connectivity index (χ2n) is 4.67. The zero-order valence-electron chi connectivity index (χ0n) is 11.6. The van der Waals surface area contributed by atoms with Gasteiger partial charge in [0.2, 0.25) is 0 Å². The molecule has 0 atom stereocenters. The van der Waals surface area contributed by atoms with Gasteiger partial charge in [-0.2, -0.15) is 5.26 Å². The summed E-state index contributed by atoms with van der Waals surface area (Å²) in [5.74, 6) is -0.289. The summed E-state index contributed by atoms with van der Waals surface area (Å²) in [7, 11) is 0. The van der Waals surface area contributed by atoms with Crippen LogP contribution in [0.1, 0.15) is 18.4 Å². The van der Waals surface area contributed by atoms with E-state index in [9.17, 15) is 9.59 Å². The van der Waals surface area contributed by atoms with Crippen molar-refractivity contribution >= 4 is 11.9 Å².